The Morgan fingerprint density at radius 3 is 2.67 bits per heavy atom. The molecule has 130 valence electrons. The van der Waals surface area contributed by atoms with Gasteiger partial charge in [-0.3, -0.25) is 0 Å². The Morgan fingerprint density at radius 2 is 2.04 bits per heavy atom. The molecule has 0 bridgehead atoms. The maximum absolute atomic E-state index is 9.17. The highest BCUT2D eigenvalue weighted by atomic mass is 16.5. The number of anilines is 4. The normalized spacial score (nSPS) is 10.3. The summed E-state index contributed by atoms with van der Waals surface area (Å²) in [7, 11) is 3.17. The molecule has 2 aromatic rings. The van der Waals surface area contributed by atoms with Crippen molar-refractivity contribution in [1.82, 2.24) is 9.97 Å². The number of aromatic nitrogens is 2. The van der Waals surface area contributed by atoms with Crippen LogP contribution in [0.5, 0.6) is 11.5 Å². The van der Waals surface area contributed by atoms with Gasteiger partial charge in [-0.15, -0.1) is 0 Å². The minimum absolute atomic E-state index is 0.0202. The standard InChI is InChI=1S/C16H23N5O3/c1-4-21(7-8-22)16-14(17)15(18-10-19-16)20-12-6-5-11(23-2)9-13(12)24-3/h5-6,9-10,22H,4,7-8,17H2,1-3H3,(H,18,19,20). The summed E-state index contributed by atoms with van der Waals surface area (Å²) in [6.45, 7) is 3.11. The minimum atomic E-state index is 0.0202. The van der Waals surface area contributed by atoms with E-state index >= 15 is 0 Å². The van der Waals surface area contributed by atoms with Crippen molar-refractivity contribution in [3.05, 3.63) is 24.5 Å². The highest BCUT2D eigenvalue weighted by Gasteiger charge is 2.15. The van der Waals surface area contributed by atoms with Crippen molar-refractivity contribution in [2.75, 3.05) is 49.9 Å². The van der Waals surface area contributed by atoms with E-state index in [0.29, 0.717) is 47.6 Å². The van der Waals surface area contributed by atoms with Crippen molar-refractivity contribution in [1.29, 1.82) is 0 Å². The molecule has 0 radical (unpaired) electrons. The van der Waals surface area contributed by atoms with Crippen LogP contribution >= 0.6 is 0 Å². The highest BCUT2D eigenvalue weighted by molar-refractivity contribution is 5.79. The van der Waals surface area contributed by atoms with E-state index in [1.54, 1.807) is 20.3 Å². The molecular formula is C16H23N5O3. The van der Waals surface area contributed by atoms with E-state index in [1.165, 1.54) is 6.33 Å². The Morgan fingerprint density at radius 1 is 1.25 bits per heavy atom. The van der Waals surface area contributed by atoms with Gasteiger partial charge in [0.05, 0.1) is 26.5 Å². The van der Waals surface area contributed by atoms with Gasteiger partial charge in [0, 0.05) is 19.2 Å². The van der Waals surface area contributed by atoms with Gasteiger partial charge in [0.1, 0.15) is 23.5 Å². The summed E-state index contributed by atoms with van der Waals surface area (Å²) in [5, 5.41) is 12.3. The molecule has 0 aliphatic carbocycles. The van der Waals surface area contributed by atoms with E-state index < -0.39 is 0 Å². The number of aliphatic hydroxyl groups excluding tert-OH is 1. The molecule has 1 heterocycles. The first-order valence-electron chi connectivity index (χ1n) is 7.59. The molecule has 0 unspecified atom stereocenters. The number of nitrogens with two attached hydrogens (primary N) is 1. The monoisotopic (exact) mass is 333 g/mol. The summed E-state index contributed by atoms with van der Waals surface area (Å²) in [5.74, 6) is 2.35. The molecule has 4 N–H and O–H groups in total. The Labute approximate surface area is 141 Å². The summed E-state index contributed by atoms with van der Waals surface area (Å²) in [6, 6.07) is 5.40. The molecule has 0 aliphatic heterocycles. The van der Waals surface area contributed by atoms with E-state index in [2.05, 4.69) is 15.3 Å². The lowest BCUT2D eigenvalue weighted by Gasteiger charge is -2.23. The number of benzene rings is 1. The Balaban J connectivity index is 2.34. The van der Waals surface area contributed by atoms with Gasteiger partial charge in [-0.1, -0.05) is 0 Å². The molecule has 1 aromatic carbocycles. The van der Waals surface area contributed by atoms with Gasteiger partial charge >= 0.3 is 0 Å². The smallest absolute Gasteiger partial charge is 0.159 e. The zero-order valence-corrected chi connectivity index (χ0v) is 14.1. The van der Waals surface area contributed by atoms with Crippen LogP contribution in [0, 0.1) is 0 Å². The van der Waals surface area contributed by atoms with Crippen molar-refractivity contribution in [2.24, 2.45) is 0 Å². The van der Waals surface area contributed by atoms with E-state index in [1.807, 2.05) is 24.0 Å². The van der Waals surface area contributed by atoms with Crippen LogP contribution in [0.3, 0.4) is 0 Å². The molecule has 0 atom stereocenters. The maximum atomic E-state index is 9.17. The predicted molar refractivity (Wildman–Crippen MR) is 94.2 cm³/mol. The fourth-order valence-corrected chi connectivity index (χ4v) is 2.30. The molecule has 0 fully saturated rings. The van der Waals surface area contributed by atoms with Gasteiger partial charge in [0.25, 0.3) is 0 Å². The van der Waals surface area contributed by atoms with E-state index in [0.717, 1.165) is 0 Å². The number of rotatable bonds is 8. The molecule has 24 heavy (non-hydrogen) atoms. The average Bonchev–Trinajstić information content (AvgIpc) is 2.62. The quantitative estimate of drug-likeness (QED) is 0.669. The fraction of sp³-hybridized carbons (Fsp3) is 0.375. The van der Waals surface area contributed by atoms with Crippen LogP contribution in [0.15, 0.2) is 24.5 Å². The minimum Gasteiger partial charge on any atom is -0.497 e. The molecule has 8 heteroatoms. The lowest BCUT2D eigenvalue weighted by molar-refractivity contribution is 0.302. The third kappa shape index (κ3) is 3.77. The number of hydrogen-bond acceptors (Lipinski definition) is 8. The van der Waals surface area contributed by atoms with Crippen molar-refractivity contribution >= 4 is 23.0 Å². The van der Waals surface area contributed by atoms with Crippen molar-refractivity contribution in [3.8, 4) is 11.5 Å². The van der Waals surface area contributed by atoms with Crippen molar-refractivity contribution in [2.45, 2.75) is 6.92 Å². The van der Waals surface area contributed by atoms with Gasteiger partial charge < -0.3 is 30.5 Å². The van der Waals surface area contributed by atoms with Gasteiger partial charge in [-0.2, -0.15) is 0 Å². The van der Waals surface area contributed by atoms with E-state index in [-0.39, 0.29) is 6.61 Å². The summed E-state index contributed by atoms with van der Waals surface area (Å²) in [5.41, 5.74) is 7.33. The fourth-order valence-electron chi connectivity index (χ4n) is 2.30. The molecule has 0 spiro atoms. The van der Waals surface area contributed by atoms with Crippen LogP contribution in [-0.4, -0.2) is 49.0 Å². The van der Waals surface area contributed by atoms with Gasteiger partial charge in [0.2, 0.25) is 0 Å². The van der Waals surface area contributed by atoms with Crippen molar-refractivity contribution < 1.29 is 14.6 Å². The van der Waals surface area contributed by atoms with Crippen LogP contribution in [0.1, 0.15) is 6.92 Å². The highest BCUT2D eigenvalue weighted by Crippen LogP contribution is 2.34. The average molecular weight is 333 g/mol. The molecule has 1 aromatic heterocycles. The topological polar surface area (TPSA) is 106 Å². The first-order valence-corrected chi connectivity index (χ1v) is 7.59. The predicted octanol–water partition coefficient (Wildman–Crippen LogP) is 1.64. The molecule has 2 rings (SSSR count). The third-order valence-electron chi connectivity index (χ3n) is 3.58. The Bertz CT molecular complexity index is 681. The molecule has 0 amide bonds. The van der Waals surface area contributed by atoms with Crippen LogP contribution in [0.4, 0.5) is 23.0 Å². The number of nitrogens with zero attached hydrogens (tertiary/aromatic N) is 3. The summed E-state index contributed by atoms with van der Waals surface area (Å²) in [6.07, 6.45) is 1.43. The van der Waals surface area contributed by atoms with Crippen LogP contribution in [0.2, 0.25) is 0 Å². The van der Waals surface area contributed by atoms with Crippen molar-refractivity contribution in [3.63, 3.8) is 0 Å². The molecule has 0 saturated heterocycles. The van der Waals surface area contributed by atoms with Crippen LogP contribution in [0.25, 0.3) is 0 Å². The number of likely N-dealkylation sites (N-methyl/N-ethyl adjacent to an activating group) is 1. The maximum Gasteiger partial charge on any atom is 0.159 e. The zero-order valence-electron chi connectivity index (χ0n) is 14.1. The second-order valence-electron chi connectivity index (χ2n) is 4.95. The lowest BCUT2D eigenvalue weighted by Crippen LogP contribution is -2.28. The summed E-state index contributed by atoms with van der Waals surface area (Å²) in [4.78, 5) is 10.3. The molecule has 8 nitrogen and oxygen atoms in total. The molecule has 0 saturated carbocycles. The van der Waals surface area contributed by atoms with Crippen LogP contribution in [-0.2, 0) is 0 Å². The molecular weight excluding hydrogens is 310 g/mol. The second-order valence-corrected chi connectivity index (χ2v) is 4.95. The number of ether oxygens (including phenoxy) is 2. The zero-order chi connectivity index (χ0) is 17.5. The number of nitrogens with one attached hydrogen (secondary N) is 1. The third-order valence-corrected chi connectivity index (χ3v) is 3.58. The van der Waals surface area contributed by atoms with Gasteiger partial charge in [0.15, 0.2) is 11.6 Å². The molecule has 0 aliphatic rings. The van der Waals surface area contributed by atoms with Crippen LogP contribution < -0.4 is 25.4 Å². The number of aliphatic hydroxyl groups is 1. The first-order chi connectivity index (χ1) is 11.6. The number of nitrogen functional groups attached to an aromatic ring is 1. The number of hydrogen-bond donors (Lipinski definition) is 3. The number of methoxy groups -OCH3 is 2. The summed E-state index contributed by atoms with van der Waals surface area (Å²) < 4.78 is 10.6. The van der Waals surface area contributed by atoms with Gasteiger partial charge in [-0.25, -0.2) is 9.97 Å². The Kier molecular flexibility index (Phi) is 6.02. The lowest BCUT2D eigenvalue weighted by atomic mass is 10.2. The van der Waals surface area contributed by atoms with E-state index in [4.69, 9.17) is 15.2 Å². The first kappa shape index (κ1) is 17.6. The van der Waals surface area contributed by atoms with E-state index in [9.17, 15) is 5.11 Å². The Hall–Kier alpha value is -2.74. The summed E-state index contributed by atoms with van der Waals surface area (Å²) >= 11 is 0. The van der Waals surface area contributed by atoms with Gasteiger partial charge in [-0.05, 0) is 19.1 Å². The largest absolute Gasteiger partial charge is 0.497 e. The SMILES string of the molecule is CCN(CCO)c1ncnc(Nc2ccc(OC)cc2OC)c1N. The second kappa shape index (κ2) is 8.21.